The summed E-state index contributed by atoms with van der Waals surface area (Å²) in [5.74, 6) is 0.811. The van der Waals surface area contributed by atoms with E-state index in [4.69, 9.17) is 9.72 Å². The normalized spacial score (nSPS) is 15.2. The summed E-state index contributed by atoms with van der Waals surface area (Å²) in [5, 5.41) is 0. The highest BCUT2D eigenvalue weighted by atomic mass is 16.6. The lowest BCUT2D eigenvalue weighted by atomic mass is 10.3. The van der Waals surface area contributed by atoms with Crippen molar-refractivity contribution in [2.24, 2.45) is 14.1 Å². The third-order valence-electron chi connectivity index (χ3n) is 5.57. The molecule has 1 amide bonds. The van der Waals surface area contributed by atoms with Crippen molar-refractivity contribution in [2.75, 3.05) is 32.8 Å². The highest BCUT2D eigenvalue weighted by Gasteiger charge is 2.27. The lowest BCUT2D eigenvalue weighted by molar-refractivity contribution is -0.918. The number of piperazine rings is 1. The number of aryl methyl sites for hydroxylation is 2. The average molecular weight is 407 g/mol. The van der Waals surface area contributed by atoms with E-state index in [1.807, 2.05) is 4.57 Å². The summed E-state index contributed by atoms with van der Waals surface area (Å²) in [6.45, 7) is 8.45. The Bertz CT molecular complexity index is 997. The van der Waals surface area contributed by atoms with Gasteiger partial charge in [-0.2, -0.15) is 0 Å². The van der Waals surface area contributed by atoms with Gasteiger partial charge in [0.25, 0.3) is 5.56 Å². The van der Waals surface area contributed by atoms with Crippen LogP contribution in [-0.2, 0) is 31.9 Å². The van der Waals surface area contributed by atoms with Crippen molar-refractivity contribution in [2.45, 2.75) is 39.8 Å². The first-order valence-electron chi connectivity index (χ1n) is 10.3. The number of hydrogen-bond acceptors (Lipinski definition) is 5. The van der Waals surface area contributed by atoms with Gasteiger partial charge in [-0.1, -0.05) is 13.3 Å². The van der Waals surface area contributed by atoms with Crippen molar-refractivity contribution >= 4 is 17.3 Å². The molecule has 0 saturated carbocycles. The maximum Gasteiger partial charge on any atom is 0.410 e. The maximum atomic E-state index is 12.8. The maximum absolute atomic E-state index is 12.8. The van der Waals surface area contributed by atoms with Crippen molar-refractivity contribution in [3.8, 4) is 0 Å². The number of nitrogens with one attached hydrogen (secondary N) is 1. The minimum Gasteiger partial charge on any atom is -0.450 e. The summed E-state index contributed by atoms with van der Waals surface area (Å²) in [7, 11) is 3.15. The van der Waals surface area contributed by atoms with Crippen LogP contribution < -0.4 is 16.1 Å². The first-order valence-corrected chi connectivity index (χ1v) is 10.3. The van der Waals surface area contributed by atoms with Gasteiger partial charge in [0.2, 0.25) is 0 Å². The van der Waals surface area contributed by atoms with E-state index in [0.29, 0.717) is 43.9 Å². The molecule has 160 valence electrons. The Labute approximate surface area is 169 Å². The fourth-order valence-electron chi connectivity index (χ4n) is 3.80. The number of ether oxygens (including phenoxy) is 1. The molecule has 3 heterocycles. The Hall–Kier alpha value is -2.62. The number of nitrogens with zero attached hydrogens (tertiary/aromatic N) is 5. The molecule has 0 bridgehead atoms. The van der Waals surface area contributed by atoms with Crippen molar-refractivity contribution in [3.63, 3.8) is 0 Å². The summed E-state index contributed by atoms with van der Waals surface area (Å²) in [6, 6.07) is 0. The Balaban J connectivity index is 1.89. The van der Waals surface area contributed by atoms with E-state index in [-0.39, 0.29) is 17.3 Å². The highest BCUT2D eigenvalue weighted by Crippen LogP contribution is 2.12. The van der Waals surface area contributed by atoms with Crippen molar-refractivity contribution in [1.82, 2.24) is 23.6 Å². The van der Waals surface area contributed by atoms with Crippen LogP contribution in [0.4, 0.5) is 4.79 Å². The standard InChI is InChI=1S/C19H30N6O4/c1-5-7-8-25-14(13-23-9-11-24(12-10-23)19(28)29-6-2)20-16-15(25)17(26)22(4)18(27)21(16)3/h5-13H2,1-4H3/p+1. The van der Waals surface area contributed by atoms with Gasteiger partial charge in [0, 0.05) is 20.6 Å². The molecule has 0 spiro atoms. The second kappa shape index (κ2) is 8.81. The van der Waals surface area contributed by atoms with E-state index in [1.165, 1.54) is 16.5 Å². The predicted molar refractivity (Wildman–Crippen MR) is 108 cm³/mol. The van der Waals surface area contributed by atoms with Crippen LogP contribution in [0.3, 0.4) is 0 Å². The summed E-state index contributed by atoms with van der Waals surface area (Å²) in [5.41, 5.74) is 0.251. The largest absolute Gasteiger partial charge is 0.450 e. The van der Waals surface area contributed by atoms with Gasteiger partial charge in [-0.25, -0.2) is 14.6 Å². The summed E-state index contributed by atoms with van der Waals surface area (Å²) in [6.07, 6.45) is 1.66. The number of carbonyl (C=O) groups excluding carboxylic acids is 1. The molecule has 0 aromatic carbocycles. The molecular weight excluding hydrogens is 376 g/mol. The molecule has 1 saturated heterocycles. The van der Waals surface area contributed by atoms with Crippen LogP contribution in [0, 0.1) is 0 Å². The van der Waals surface area contributed by atoms with E-state index in [1.54, 1.807) is 18.9 Å². The van der Waals surface area contributed by atoms with Gasteiger partial charge in [-0.3, -0.25) is 18.8 Å². The molecule has 29 heavy (non-hydrogen) atoms. The molecule has 1 N–H and O–H groups in total. The molecule has 10 nitrogen and oxygen atoms in total. The average Bonchev–Trinajstić information content (AvgIpc) is 3.08. The third-order valence-corrected chi connectivity index (χ3v) is 5.57. The van der Waals surface area contributed by atoms with Crippen LogP contribution in [0.15, 0.2) is 9.59 Å². The fourth-order valence-corrected chi connectivity index (χ4v) is 3.80. The summed E-state index contributed by atoms with van der Waals surface area (Å²) in [4.78, 5) is 44.7. The van der Waals surface area contributed by atoms with E-state index in [2.05, 4.69) is 6.92 Å². The molecule has 0 unspecified atom stereocenters. The molecule has 3 rings (SSSR count). The van der Waals surface area contributed by atoms with Gasteiger partial charge in [0.1, 0.15) is 6.54 Å². The molecule has 0 aliphatic carbocycles. The van der Waals surface area contributed by atoms with Crippen LogP contribution >= 0.6 is 0 Å². The lowest BCUT2D eigenvalue weighted by Crippen LogP contribution is -3.13. The monoisotopic (exact) mass is 407 g/mol. The number of fused-ring (bicyclic) bond motifs is 1. The van der Waals surface area contributed by atoms with Crippen LogP contribution in [0.2, 0.25) is 0 Å². The van der Waals surface area contributed by atoms with Gasteiger partial charge >= 0.3 is 11.8 Å². The van der Waals surface area contributed by atoms with Crippen molar-refractivity contribution in [3.05, 3.63) is 26.7 Å². The van der Waals surface area contributed by atoms with Crippen LogP contribution in [0.5, 0.6) is 0 Å². The van der Waals surface area contributed by atoms with Crippen LogP contribution in [0.1, 0.15) is 32.5 Å². The second-order valence-electron chi connectivity index (χ2n) is 7.52. The van der Waals surface area contributed by atoms with Crippen LogP contribution in [-0.4, -0.2) is 62.5 Å². The van der Waals surface area contributed by atoms with Crippen LogP contribution in [0.25, 0.3) is 11.2 Å². The smallest absolute Gasteiger partial charge is 0.410 e. The second-order valence-corrected chi connectivity index (χ2v) is 7.52. The zero-order valence-corrected chi connectivity index (χ0v) is 17.7. The van der Waals surface area contributed by atoms with E-state index < -0.39 is 0 Å². The first kappa shape index (κ1) is 21.1. The Kier molecular flexibility index (Phi) is 6.41. The third kappa shape index (κ3) is 4.07. The number of imidazole rings is 1. The van der Waals surface area contributed by atoms with E-state index >= 15 is 0 Å². The molecule has 1 fully saturated rings. The van der Waals surface area contributed by atoms with Gasteiger partial charge in [0.15, 0.2) is 17.0 Å². The lowest BCUT2D eigenvalue weighted by Gasteiger charge is -2.31. The molecule has 0 radical (unpaired) electrons. The van der Waals surface area contributed by atoms with Gasteiger partial charge in [0.05, 0.1) is 32.8 Å². The Morgan fingerprint density at radius 2 is 1.83 bits per heavy atom. The fraction of sp³-hybridized carbons (Fsp3) is 0.684. The molecule has 2 aromatic heterocycles. The van der Waals surface area contributed by atoms with Crippen molar-refractivity contribution in [1.29, 1.82) is 0 Å². The SMILES string of the molecule is CCCCn1c(C[NH+]2CCN(C(=O)OCC)CC2)nc2c1c(=O)n(C)c(=O)n2C. The molecule has 2 aromatic rings. The number of rotatable bonds is 6. The topological polar surface area (TPSA) is 95.8 Å². The minimum absolute atomic E-state index is 0.264. The van der Waals surface area contributed by atoms with E-state index in [9.17, 15) is 14.4 Å². The summed E-state index contributed by atoms with van der Waals surface area (Å²) < 4.78 is 9.64. The number of carbonyl (C=O) groups is 1. The number of hydrogen-bond donors (Lipinski definition) is 1. The molecule has 1 aliphatic heterocycles. The van der Waals surface area contributed by atoms with Gasteiger partial charge < -0.3 is 14.2 Å². The molecule has 10 heteroatoms. The predicted octanol–water partition coefficient (Wildman–Crippen LogP) is -0.909. The number of amides is 1. The zero-order chi connectivity index (χ0) is 21.1. The first-order chi connectivity index (χ1) is 13.9. The van der Waals surface area contributed by atoms with Gasteiger partial charge in [-0.15, -0.1) is 0 Å². The molecular formula is C19H31N6O4+. The molecule has 1 aliphatic rings. The number of unbranched alkanes of at least 4 members (excludes halogenated alkanes) is 1. The number of aromatic nitrogens is 4. The quantitative estimate of drug-likeness (QED) is 0.669. The summed E-state index contributed by atoms with van der Waals surface area (Å²) >= 11 is 0. The molecule has 0 atom stereocenters. The van der Waals surface area contributed by atoms with Crippen molar-refractivity contribution < 1.29 is 14.4 Å². The van der Waals surface area contributed by atoms with Gasteiger partial charge in [-0.05, 0) is 13.3 Å². The minimum atomic E-state index is -0.371. The Morgan fingerprint density at radius 3 is 2.45 bits per heavy atom. The Morgan fingerprint density at radius 1 is 1.14 bits per heavy atom. The number of quaternary nitrogens is 1. The van der Waals surface area contributed by atoms with E-state index in [0.717, 1.165) is 36.3 Å². The zero-order valence-electron chi connectivity index (χ0n) is 17.7. The highest BCUT2D eigenvalue weighted by molar-refractivity contribution is 5.71.